The fourth-order valence-corrected chi connectivity index (χ4v) is 2.10. The quantitative estimate of drug-likeness (QED) is 0.707. The van der Waals surface area contributed by atoms with Crippen LogP contribution >= 0.6 is 0 Å². The topological polar surface area (TPSA) is 29.1 Å². The van der Waals surface area contributed by atoms with Gasteiger partial charge in [0.15, 0.2) is 0 Å². The van der Waals surface area contributed by atoms with Crippen LogP contribution in [0.15, 0.2) is 0 Å². The minimum Gasteiger partial charge on any atom is -0.355 e. The summed E-state index contributed by atoms with van der Waals surface area (Å²) in [6.07, 6.45) is 7.43. The normalized spacial score (nSPS) is 25.0. The van der Waals surface area contributed by atoms with Crippen LogP contribution in [0.4, 0.5) is 0 Å². The molecule has 0 saturated heterocycles. The van der Waals surface area contributed by atoms with Gasteiger partial charge >= 0.3 is 0 Å². The second kappa shape index (κ2) is 3.32. The van der Waals surface area contributed by atoms with Crippen LogP contribution < -0.4 is 5.32 Å². The van der Waals surface area contributed by atoms with Gasteiger partial charge in [-0.15, -0.1) is 0 Å². The van der Waals surface area contributed by atoms with E-state index in [1.54, 1.807) is 0 Å². The van der Waals surface area contributed by atoms with E-state index in [1.807, 2.05) is 0 Å². The highest BCUT2D eigenvalue weighted by atomic mass is 16.2. The minimum absolute atomic E-state index is 0.305. The fourth-order valence-electron chi connectivity index (χ4n) is 2.10. The van der Waals surface area contributed by atoms with Crippen molar-refractivity contribution in [2.24, 2.45) is 11.3 Å². The monoisotopic (exact) mass is 181 g/mol. The summed E-state index contributed by atoms with van der Waals surface area (Å²) < 4.78 is 0. The lowest BCUT2D eigenvalue weighted by Crippen LogP contribution is -2.42. The standard InChI is InChI=1S/C11H19NO/c1-2-11(6-3-7-11)8-12-10(13)9-4-5-9/h9H,2-8H2,1H3,(H,12,13). The molecule has 13 heavy (non-hydrogen) atoms. The second-order valence-electron chi connectivity index (χ2n) is 4.70. The molecule has 2 fully saturated rings. The molecule has 2 aliphatic rings. The van der Waals surface area contributed by atoms with Gasteiger partial charge in [0.1, 0.15) is 0 Å². The average molecular weight is 181 g/mol. The Morgan fingerprint density at radius 2 is 2.15 bits per heavy atom. The molecule has 74 valence electrons. The third-order valence-electron chi connectivity index (χ3n) is 3.75. The summed E-state index contributed by atoms with van der Waals surface area (Å²) in [5, 5.41) is 3.10. The highest BCUT2D eigenvalue weighted by Crippen LogP contribution is 2.43. The van der Waals surface area contributed by atoms with Gasteiger partial charge < -0.3 is 5.32 Å². The fraction of sp³-hybridized carbons (Fsp3) is 0.909. The second-order valence-corrected chi connectivity index (χ2v) is 4.70. The van der Waals surface area contributed by atoms with Gasteiger partial charge in [-0.3, -0.25) is 4.79 Å². The largest absolute Gasteiger partial charge is 0.355 e. The summed E-state index contributed by atoms with van der Waals surface area (Å²) in [6, 6.07) is 0. The summed E-state index contributed by atoms with van der Waals surface area (Å²) in [7, 11) is 0. The summed E-state index contributed by atoms with van der Waals surface area (Å²) in [5.74, 6) is 0.675. The molecule has 0 aliphatic heterocycles. The summed E-state index contributed by atoms with van der Waals surface area (Å²) in [6.45, 7) is 3.17. The molecule has 0 aromatic heterocycles. The molecule has 0 radical (unpaired) electrons. The van der Waals surface area contributed by atoms with Crippen molar-refractivity contribution in [2.75, 3.05) is 6.54 Å². The van der Waals surface area contributed by atoms with Crippen molar-refractivity contribution in [1.29, 1.82) is 0 Å². The predicted molar refractivity (Wildman–Crippen MR) is 52.3 cm³/mol. The Labute approximate surface area is 80.1 Å². The average Bonchev–Trinajstić information content (AvgIpc) is 2.85. The molecule has 2 nitrogen and oxygen atoms in total. The number of nitrogens with one attached hydrogen (secondary N) is 1. The van der Waals surface area contributed by atoms with Crippen molar-refractivity contribution in [2.45, 2.75) is 45.4 Å². The molecule has 2 heteroatoms. The van der Waals surface area contributed by atoms with Gasteiger partial charge in [-0.25, -0.2) is 0 Å². The molecule has 2 rings (SSSR count). The predicted octanol–water partition coefficient (Wildman–Crippen LogP) is 2.09. The Hall–Kier alpha value is -0.530. The van der Waals surface area contributed by atoms with Crippen LogP contribution in [0.5, 0.6) is 0 Å². The van der Waals surface area contributed by atoms with Gasteiger partial charge in [0.2, 0.25) is 5.91 Å². The van der Waals surface area contributed by atoms with Crippen molar-refractivity contribution >= 4 is 5.91 Å². The number of carbonyl (C=O) groups excluding carboxylic acids is 1. The maximum absolute atomic E-state index is 11.4. The number of carbonyl (C=O) groups is 1. The molecule has 0 heterocycles. The van der Waals surface area contributed by atoms with Crippen molar-refractivity contribution in [3.05, 3.63) is 0 Å². The van der Waals surface area contributed by atoms with E-state index in [1.165, 1.54) is 25.7 Å². The zero-order valence-electron chi connectivity index (χ0n) is 8.44. The Bertz CT molecular complexity index is 199. The summed E-state index contributed by atoms with van der Waals surface area (Å²) in [5.41, 5.74) is 0.477. The molecular formula is C11H19NO. The smallest absolute Gasteiger partial charge is 0.223 e. The van der Waals surface area contributed by atoms with Crippen LogP contribution in [0.3, 0.4) is 0 Å². The number of hydrogen-bond donors (Lipinski definition) is 1. The van der Waals surface area contributed by atoms with E-state index in [0.29, 0.717) is 17.2 Å². The van der Waals surface area contributed by atoms with Crippen LogP contribution in [0.1, 0.15) is 45.4 Å². The first kappa shape index (κ1) is 9.04. The maximum atomic E-state index is 11.4. The van der Waals surface area contributed by atoms with Gasteiger partial charge in [-0.1, -0.05) is 13.3 Å². The molecule has 0 unspecified atom stereocenters. The van der Waals surface area contributed by atoms with Crippen LogP contribution in [0, 0.1) is 11.3 Å². The molecule has 1 N–H and O–H groups in total. The Morgan fingerprint density at radius 3 is 2.54 bits per heavy atom. The first-order valence-corrected chi connectivity index (χ1v) is 5.53. The number of amides is 1. The maximum Gasteiger partial charge on any atom is 0.223 e. The van der Waals surface area contributed by atoms with Gasteiger partial charge in [0.05, 0.1) is 0 Å². The SMILES string of the molecule is CCC1(CNC(=O)C2CC2)CCC1. The minimum atomic E-state index is 0.305. The first-order valence-electron chi connectivity index (χ1n) is 5.53. The third-order valence-corrected chi connectivity index (χ3v) is 3.75. The molecule has 0 aromatic carbocycles. The summed E-state index contributed by atoms with van der Waals surface area (Å²) in [4.78, 5) is 11.4. The highest BCUT2D eigenvalue weighted by molar-refractivity contribution is 5.80. The third kappa shape index (κ3) is 1.87. The van der Waals surface area contributed by atoms with E-state index >= 15 is 0 Å². The van der Waals surface area contributed by atoms with Crippen molar-refractivity contribution in [3.63, 3.8) is 0 Å². The molecule has 0 bridgehead atoms. The number of hydrogen-bond acceptors (Lipinski definition) is 1. The van der Waals surface area contributed by atoms with Gasteiger partial charge in [0, 0.05) is 12.5 Å². The highest BCUT2D eigenvalue weighted by Gasteiger charge is 2.37. The summed E-state index contributed by atoms with van der Waals surface area (Å²) >= 11 is 0. The molecule has 2 saturated carbocycles. The molecule has 0 atom stereocenters. The molecule has 0 aromatic rings. The van der Waals surface area contributed by atoms with E-state index in [0.717, 1.165) is 19.4 Å². The van der Waals surface area contributed by atoms with E-state index in [2.05, 4.69) is 12.2 Å². The lowest BCUT2D eigenvalue weighted by molar-refractivity contribution is -0.123. The van der Waals surface area contributed by atoms with Crippen LogP contribution in [-0.4, -0.2) is 12.5 Å². The van der Waals surface area contributed by atoms with Gasteiger partial charge in [0.25, 0.3) is 0 Å². The molecule has 1 amide bonds. The molecule has 0 spiro atoms. The molecule has 2 aliphatic carbocycles. The van der Waals surface area contributed by atoms with E-state index < -0.39 is 0 Å². The zero-order valence-corrected chi connectivity index (χ0v) is 8.44. The van der Waals surface area contributed by atoms with Gasteiger partial charge in [-0.05, 0) is 37.5 Å². The van der Waals surface area contributed by atoms with Crippen molar-refractivity contribution < 1.29 is 4.79 Å². The van der Waals surface area contributed by atoms with Crippen LogP contribution in [0.2, 0.25) is 0 Å². The lowest BCUT2D eigenvalue weighted by Gasteiger charge is -2.41. The number of rotatable bonds is 4. The van der Waals surface area contributed by atoms with Crippen LogP contribution in [-0.2, 0) is 4.79 Å². The zero-order chi connectivity index (χ0) is 9.31. The Morgan fingerprint density at radius 1 is 1.46 bits per heavy atom. The van der Waals surface area contributed by atoms with Gasteiger partial charge in [-0.2, -0.15) is 0 Å². The Balaban J connectivity index is 1.73. The van der Waals surface area contributed by atoms with E-state index in [-0.39, 0.29) is 0 Å². The van der Waals surface area contributed by atoms with Crippen LogP contribution in [0.25, 0.3) is 0 Å². The molecular weight excluding hydrogens is 162 g/mol. The lowest BCUT2D eigenvalue weighted by atomic mass is 9.67. The first-order chi connectivity index (χ1) is 6.26. The van der Waals surface area contributed by atoms with Crippen molar-refractivity contribution in [3.8, 4) is 0 Å². The Kier molecular flexibility index (Phi) is 2.31. The van der Waals surface area contributed by atoms with E-state index in [9.17, 15) is 4.79 Å². The van der Waals surface area contributed by atoms with Crippen molar-refractivity contribution in [1.82, 2.24) is 5.32 Å². The van der Waals surface area contributed by atoms with E-state index in [4.69, 9.17) is 0 Å².